The minimum Gasteiger partial charge on any atom is -0.481 e. The van der Waals surface area contributed by atoms with Crippen molar-refractivity contribution in [2.24, 2.45) is 0 Å². The molecule has 0 unspecified atom stereocenters. The Balaban J connectivity index is 2.52. The third-order valence-electron chi connectivity index (χ3n) is 2.59. The minimum absolute atomic E-state index is 0.0789. The van der Waals surface area contributed by atoms with Crippen molar-refractivity contribution in [1.82, 2.24) is 9.80 Å². The molecule has 0 saturated heterocycles. The summed E-state index contributed by atoms with van der Waals surface area (Å²) in [5.41, 5.74) is 0. The van der Waals surface area contributed by atoms with Crippen molar-refractivity contribution in [3.8, 4) is 0 Å². The maximum atomic E-state index is 12.0. The van der Waals surface area contributed by atoms with Crippen LogP contribution in [0.25, 0.3) is 0 Å². The molecule has 0 fully saturated rings. The van der Waals surface area contributed by atoms with Crippen LogP contribution in [0.4, 0.5) is 0 Å². The predicted octanol–water partition coefficient (Wildman–Crippen LogP) is 1.52. The lowest BCUT2D eigenvalue weighted by molar-refractivity contribution is -0.138. The second-order valence-corrected chi connectivity index (χ2v) is 6.69. The van der Waals surface area contributed by atoms with Crippen molar-refractivity contribution in [2.45, 2.75) is 6.42 Å². The van der Waals surface area contributed by atoms with Gasteiger partial charge in [0.05, 0.1) is 21.6 Å². The summed E-state index contributed by atoms with van der Waals surface area (Å²) in [6.45, 7) is 0.0468. The number of carbonyl (C=O) groups is 3. The summed E-state index contributed by atoms with van der Waals surface area (Å²) in [6.07, 6.45) is -0.113. The molecule has 6 nitrogen and oxygen atoms in total. The van der Waals surface area contributed by atoms with E-state index in [9.17, 15) is 14.4 Å². The van der Waals surface area contributed by atoms with Crippen LogP contribution >= 0.6 is 27.3 Å². The lowest BCUT2D eigenvalue weighted by atomic mass is 10.3. The van der Waals surface area contributed by atoms with Crippen LogP contribution in [0.5, 0.6) is 0 Å². The Labute approximate surface area is 129 Å². The van der Waals surface area contributed by atoms with Crippen molar-refractivity contribution < 1.29 is 19.5 Å². The first-order valence-corrected chi connectivity index (χ1v) is 7.38. The predicted molar refractivity (Wildman–Crippen MR) is 78.9 cm³/mol. The van der Waals surface area contributed by atoms with E-state index in [-0.39, 0.29) is 31.3 Å². The Morgan fingerprint density at radius 2 is 1.90 bits per heavy atom. The summed E-state index contributed by atoms with van der Waals surface area (Å²) in [7, 11) is 3.06. The topological polar surface area (TPSA) is 77.9 Å². The molecule has 1 aromatic rings. The van der Waals surface area contributed by atoms with E-state index < -0.39 is 5.97 Å². The molecule has 0 aliphatic rings. The molecule has 0 atom stereocenters. The lowest BCUT2D eigenvalue weighted by Gasteiger charge is -2.21. The van der Waals surface area contributed by atoms with Crippen molar-refractivity contribution >= 4 is 45.1 Å². The van der Waals surface area contributed by atoms with Crippen LogP contribution in [-0.4, -0.2) is 59.9 Å². The quantitative estimate of drug-likeness (QED) is 0.831. The van der Waals surface area contributed by atoms with E-state index in [2.05, 4.69) is 15.9 Å². The fourth-order valence-electron chi connectivity index (χ4n) is 1.40. The van der Waals surface area contributed by atoms with E-state index in [0.717, 1.165) is 3.79 Å². The highest BCUT2D eigenvalue weighted by Crippen LogP contribution is 2.22. The van der Waals surface area contributed by atoms with Gasteiger partial charge in [0, 0.05) is 20.6 Å². The number of likely N-dealkylation sites (N-methyl/N-ethyl adjacent to an activating group) is 2. The number of aliphatic carboxylic acids is 1. The van der Waals surface area contributed by atoms with Crippen LogP contribution < -0.4 is 0 Å². The fourth-order valence-corrected chi connectivity index (χ4v) is 2.78. The Morgan fingerprint density at radius 3 is 2.40 bits per heavy atom. The Morgan fingerprint density at radius 1 is 1.25 bits per heavy atom. The van der Waals surface area contributed by atoms with Gasteiger partial charge < -0.3 is 14.9 Å². The molecule has 1 aromatic heterocycles. The summed E-state index contributed by atoms with van der Waals surface area (Å²) in [5.74, 6) is -1.49. The molecule has 1 N–H and O–H groups in total. The number of carboxylic acids is 1. The molecule has 8 heteroatoms. The van der Waals surface area contributed by atoms with Gasteiger partial charge in [0.2, 0.25) is 5.91 Å². The first-order chi connectivity index (χ1) is 9.31. The van der Waals surface area contributed by atoms with Crippen molar-refractivity contribution in [3.05, 3.63) is 20.8 Å². The Hall–Kier alpha value is -1.41. The molecule has 0 aliphatic carbocycles. The second kappa shape index (κ2) is 7.39. The van der Waals surface area contributed by atoms with E-state index in [1.54, 1.807) is 19.2 Å². The van der Waals surface area contributed by atoms with Gasteiger partial charge >= 0.3 is 5.97 Å². The van der Waals surface area contributed by atoms with Gasteiger partial charge in [-0.25, -0.2) is 0 Å². The molecule has 1 rings (SSSR count). The fraction of sp³-hybridized carbons (Fsp3) is 0.417. The van der Waals surface area contributed by atoms with Crippen molar-refractivity contribution in [2.75, 3.05) is 27.2 Å². The van der Waals surface area contributed by atoms with Gasteiger partial charge in [-0.1, -0.05) is 0 Å². The number of nitrogens with zero attached hydrogens (tertiary/aromatic N) is 2. The second-order valence-electron chi connectivity index (χ2n) is 4.22. The Kier molecular flexibility index (Phi) is 6.15. The number of thiophene rings is 1. The van der Waals surface area contributed by atoms with Crippen LogP contribution in [0.1, 0.15) is 16.1 Å². The molecule has 0 bridgehead atoms. The van der Waals surface area contributed by atoms with E-state index in [1.165, 1.54) is 28.2 Å². The molecular weight excluding hydrogens is 348 g/mol. The van der Waals surface area contributed by atoms with Gasteiger partial charge in [0.15, 0.2) is 0 Å². The van der Waals surface area contributed by atoms with Gasteiger partial charge in [0.25, 0.3) is 5.91 Å². The van der Waals surface area contributed by atoms with Crippen LogP contribution in [0, 0.1) is 0 Å². The third kappa shape index (κ3) is 4.93. The number of hydrogen-bond acceptors (Lipinski definition) is 4. The molecule has 1 heterocycles. The SMILES string of the molecule is CN(CCC(=O)O)C(=O)CN(C)C(=O)c1ccc(Br)s1. The van der Waals surface area contributed by atoms with E-state index in [0.29, 0.717) is 4.88 Å². The van der Waals surface area contributed by atoms with Crippen LogP contribution in [0.2, 0.25) is 0 Å². The molecule has 0 spiro atoms. The summed E-state index contributed by atoms with van der Waals surface area (Å²) in [6, 6.07) is 3.46. The highest BCUT2D eigenvalue weighted by Gasteiger charge is 2.18. The third-order valence-corrected chi connectivity index (χ3v) is 4.20. The first kappa shape index (κ1) is 16.6. The first-order valence-electron chi connectivity index (χ1n) is 5.78. The van der Waals surface area contributed by atoms with E-state index in [1.807, 2.05) is 0 Å². The number of carbonyl (C=O) groups excluding carboxylic acids is 2. The number of amides is 2. The molecule has 0 radical (unpaired) electrons. The lowest BCUT2D eigenvalue weighted by Crippen LogP contribution is -2.39. The summed E-state index contributed by atoms with van der Waals surface area (Å²) in [5, 5.41) is 8.56. The zero-order valence-corrected chi connectivity index (χ0v) is 13.5. The zero-order chi connectivity index (χ0) is 15.3. The standard InChI is InChI=1S/C12H15BrN2O4S/c1-14(6-5-11(17)18)10(16)7-15(2)12(19)8-3-4-9(13)20-8/h3-4H,5-7H2,1-2H3,(H,17,18). The van der Waals surface area contributed by atoms with Crippen molar-refractivity contribution in [1.29, 1.82) is 0 Å². The van der Waals surface area contributed by atoms with Crippen LogP contribution in [-0.2, 0) is 9.59 Å². The average Bonchev–Trinajstić information content (AvgIpc) is 2.81. The van der Waals surface area contributed by atoms with E-state index in [4.69, 9.17) is 5.11 Å². The molecular formula is C12H15BrN2O4S. The highest BCUT2D eigenvalue weighted by molar-refractivity contribution is 9.11. The maximum absolute atomic E-state index is 12.0. The van der Waals surface area contributed by atoms with Gasteiger partial charge in [-0.15, -0.1) is 11.3 Å². The van der Waals surface area contributed by atoms with Gasteiger partial charge in [0.1, 0.15) is 0 Å². The molecule has 20 heavy (non-hydrogen) atoms. The molecule has 110 valence electrons. The smallest absolute Gasteiger partial charge is 0.305 e. The maximum Gasteiger partial charge on any atom is 0.305 e. The summed E-state index contributed by atoms with van der Waals surface area (Å²) in [4.78, 5) is 37.5. The Bertz CT molecular complexity index is 517. The van der Waals surface area contributed by atoms with Crippen LogP contribution in [0.15, 0.2) is 15.9 Å². The minimum atomic E-state index is -0.961. The average molecular weight is 363 g/mol. The van der Waals surface area contributed by atoms with Crippen LogP contribution in [0.3, 0.4) is 0 Å². The molecule has 2 amide bonds. The highest BCUT2D eigenvalue weighted by atomic mass is 79.9. The monoisotopic (exact) mass is 362 g/mol. The number of carboxylic acid groups (broad SMARTS) is 1. The molecule has 0 aliphatic heterocycles. The van der Waals surface area contributed by atoms with Gasteiger partial charge in [-0.05, 0) is 28.1 Å². The zero-order valence-electron chi connectivity index (χ0n) is 11.1. The van der Waals surface area contributed by atoms with E-state index >= 15 is 0 Å². The molecule has 0 saturated carbocycles. The van der Waals surface area contributed by atoms with Crippen molar-refractivity contribution in [3.63, 3.8) is 0 Å². The number of rotatable bonds is 6. The van der Waals surface area contributed by atoms with Gasteiger partial charge in [-0.2, -0.15) is 0 Å². The summed E-state index contributed by atoms with van der Waals surface area (Å²) < 4.78 is 0.846. The summed E-state index contributed by atoms with van der Waals surface area (Å²) >= 11 is 4.57. The largest absolute Gasteiger partial charge is 0.481 e. The normalized spacial score (nSPS) is 10.2. The molecule has 0 aromatic carbocycles. The number of hydrogen-bond donors (Lipinski definition) is 1. The van der Waals surface area contributed by atoms with Gasteiger partial charge in [-0.3, -0.25) is 14.4 Å². The number of halogens is 1.